The lowest BCUT2D eigenvalue weighted by atomic mass is 9.98. The van der Waals surface area contributed by atoms with Gasteiger partial charge in [-0.2, -0.15) is 0 Å². The number of nitrogens with two attached hydrogens (primary N) is 1. The van der Waals surface area contributed by atoms with Crippen molar-refractivity contribution in [3.05, 3.63) is 17.8 Å². The topological polar surface area (TPSA) is 60.2 Å². The van der Waals surface area contributed by atoms with Gasteiger partial charge in [-0.3, -0.25) is 0 Å². The fourth-order valence-corrected chi connectivity index (χ4v) is 2.31. The van der Waals surface area contributed by atoms with Gasteiger partial charge in [0.15, 0.2) is 0 Å². The lowest BCUT2D eigenvalue weighted by molar-refractivity contribution is 0.0347. The minimum atomic E-state index is 0.474. The van der Waals surface area contributed by atoms with Crippen LogP contribution in [-0.2, 0) is 4.74 Å². The fourth-order valence-electron chi connectivity index (χ4n) is 2.31. The molecule has 4 heteroatoms. The molecule has 0 aromatic carbocycles. The number of pyridine rings is 1. The Hall–Kier alpha value is -1.29. The van der Waals surface area contributed by atoms with E-state index >= 15 is 0 Å². The van der Waals surface area contributed by atoms with Crippen molar-refractivity contribution in [2.24, 2.45) is 0 Å². The van der Waals surface area contributed by atoms with Crippen LogP contribution in [0.5, 0.6) is 0 Å². The monoisotopic (exact) mass is 249 g/mol. The molecule has 1 aromatic rings. The van der Waals surface area contributed by atoms with Crippen LogP contribution in [0, 0.1) is 6.92 Å². The van der Waals surface area contributed by atoms with Gasteiger partial charge in [-0.25, -0.2) is 4.98 Å². The Balaban J connectivity index is 1.66. The van der Waals surface area contributed by atoms with Crippen molar-refractivity contribution in [3.63, 3.8) is 0 Å². The van der Waals surface area contributed by atoms with Crippen molar-refractivity contribution in [3.8, 4) is 0 Å². The summed E-state index contributed by atoms with van der Waals surface area (Å²) in [4.78, 5) is 4.37. The summed E-state index contributed by atoms with van der Waals surface area (Å²) in [6.45, 7) is 3.46. The van der Waals surface area contributed by atoms with Gasteiger partial charge in [0.25, 0.3) is 0 Å². The van der Waals surface area contributed by atoms with E-state index in [2.05, 4.69) is 10.3 Å². The summed E-state index contributed by atoms with van der Waals surface area (Å²) in [6, 6.07) is 3.79. The van der Waals surface area contributed by atoms with E-state index < -0.39 is 0 Å². The average Bonchev–Trinajstić information content (AvgIpc) is 2.40. The molecule has 1 aliphatic rings. The van der Waals surface area contributed by atoms with E-state index in [1.807, 2.05) is 19.1 Å². The first kappa shape index (κ1) is 13.1. The van der Waals surface area contributed by atoms with E-state index in [0.29, 0.717) is 6.10 Å². The molecule has 1 saturated carbocycles. The summed E-state index contributed by atoms with van der Waals surface area (Å²) in [5.74, 6) is 0.869. The molecule has 1 aromatic heterocycles. The third-order valence-electron chi connectivity index (χ3n) is 3.44. The number of rotatable bonds is 5. The maximum atomic E-state index is 5.84. The van der Waals surface area contributed by atoms with E-state index in [-0.39, 0.29) is 0 Å². The standard InChI is InChI=1S/C14H23N3O/c1-11-13(15)7-8-14(17-11)16-9-10-18-12-5-3-2-4-6-12/h7-8,12H,2-6,9-10,15H2,1H3,(H,16,17). The summed E-state index contributed by atoms with van der Waals surface area (Å²) < 4.78 is 5.84. The predicted molar refractivity (Wildman–Crippen MR) is 74.7 cm³/mol. The van der Waals surface area contributed by atoms with Crippen molar-refractivity contribution < 1.29 is 4.74 Å². The first-order chi connectivity index (χ1) is 8.75. The summed E-state index contributed by atoms with van der Waals surface area (Å²) >= 11 is 0. The quantitative estimate of drug-likeness (QED) is 0.788. The fraction of sp³-hybridized carbons (Fsp3) is 0.643. The first-order valence-electron chi connectivity index (χ1n) is 6.84. The second-order valence-electron chi connectivity index (χ2n) is 4.93. The third kappa shape index (κ3) is 3.88. The molecule has 0 bridgehead atoms. The number of nitrogen functional groups attached to an aromatic ring is 1. The highest BCUT2D eigenvalue weighted by molar-refractivity contribution is 5.48. The van der Waals surface area contributed by atoms with Crippen molar-refractivity contribution in [1.82, 2.24) is 4.98 Å². The van der Waals surface area contributed by atoms with Gasteiger partial charge in [-0.05, 0) is 31.9 Å². The molecule has 0 radical (unpaired) electrons. The molecular weight excluding hydrogens is 226 g/mol. The SMILES string of the molecule is Cc1nc(NCCOC2CCCCC2)ccc1N. The van der Waals surface area contributed by atoms with Crippen LogP contribution in [0.15, 0.2) is 12.1 Å². The predicted octanol–water partition coefficient (Wildman–Crippen LogP) is 2.73. The molecule has 0 amide bonds. The van der Waals surface area contributed by atoms with Gasteiger partial charge in [-0.1, -0.05) is 19.3 Å². The first-order valence-corrected chi connectivity index (χ1v) is 6.84. The molecule has 4 nitrogen and oxygen atoms in total. The number of hydrogen-bond acceptors (Lipinski definition) is 4. The van der Waals surface area contributed by atoms with Gasteiger partial charge in [0.05, 0.1) is 24.1 Å². The summed E-state index contributed by atoms with van der Waals surface area (Å²) in [5, 5.41) is 3.26. The van der Waals surface area contributed by atoms with Gasteiger partial charge in [0.2, 0.25) is 0 Å². The Labute approximate surface area is 109 Å². The molecule has 18 heavy (non-hydrogen) atoms. The highest BCUT2D eigenvalue weighted by atomic mass is 16.5. The highest BCUT2D eigenvalue weighted by Gasteiger charge is 2.12. The number of hydrogen-bond donors (Lipinski definition) is 2. The second-order valence-corrected chi connectivity index (χ2v) is 4.93. The van der Waals surface area contributed by atoms with Crippen LogP contribution in [0.3, 0.4) is 0 Å². The van der Waals surface area contributed by atoms with Crippen molar-refractivity contribution in [2.75, 3.05) is 24.2 Å². The van der Waals surface area contributed by atoms with Crippen molar-refractivity contribution >= 4 is 11.5 Å². The Bertz CT molecular complexity index is 375. The van der Waals surface area contributed by atoms with Crippen LogP contribution < -0.4 is 11.1 Å². The molecule has 0 aliphatic heterocycles. The summed E-state index contributed by atoms with van der Waals surface area (Å²) in [6.07, 6.45) is 6.92. The second kappa shape index (κ2) is 6.59. The van der Waals surface area contributed by atoms with Gasteiger partial charge in [0, 0.05) is 6.54 Å². The zero-order valence-electron chi connectivity index (χ0n) is 11.1. The maximum Gasteiger partial charge on any atom is 0.126 e. The lowest BCUT2D eigenvalue weighted by Gasteiger charge is -2.22. The van der Waals surface area contributed by atoms with Crippen LogP contribution in [0.25, 0.3) is 0 Å². The third-order valence-corrected chi connectivity index (χ3v) is 3.44. The number of nitrogens with one attached hydrogen (secondary N) is 1. The van der Waals surface area contributed by atoms with E-state index in [4.69, 9.17) is 10.5 Å². The Morgan fingerprint density at radius 2 is 2.11 bits per heavy atom. The number of anilines is 2. The summed E-state index contributed by atoms with van der Waals surface area (Å²) in [7, 11) is 0. The molecule has 100 valence electrons. The van der Waals surface area contributed by atoms with Crippen molar-refractivity contribution in [2.45, 2.75) is 45.1 Å². The average molecular weight is 249 g/mol. The number of ether oxygens (including phenoxy) is 1. The molecule has 1 aliphatic carbocycles. The van der Waals surface area contributed by atoms with Crippen LogP contribution in [-0.4, -0.2) is 24.2 Å². The van der Waals surface area contributed by atoms with Crippen molar-refractivity contribution in [1.29, 1.82) is 0 Å². The molecule has 1 fully saturated rings. The Morgan fingerprint density at radius 3 is 2.83 bits per heavy atom. The maximum absolute atomic E-state index is 5.84. The largest absolute Gasteiger partial charge is 0.397 e. The molecule has 2 rings (SSSR count). The van der Waals surface area contributed by atoms with Gasteiger partial charge >= 0.3 is 0 Å². The minimum absolute atomic E-state index is 0.474. The van der Waals surface area contributed by atoms with Crippen LogP contribution >= 0.6 is 0 Å². The molecule has 1 heterocycles. The van der Waals surface area contributed by atoms with E-state index in [1.54, 1.807) is 0 Å². The molecule has 0 unspecified atom stereocenters. The smallest absolute Gasteiger partial charge is 0.126 e. The zero-order chi connectivity index (χ0) is 12.8. The Kier molecular flexibility index (Phi) is 4.81. The van der Waals surface area contributed by atoms with Gasteiger partial charge < -0.3 is 15.8 Å². The number of aromatic nitrogens is 1. The Morgan fingerprint density at radius 1 is 1.33 bits per heavy atom. The molecule has 0 atom stereocenters. The van der Waals surface area contributed by atoms with E-state index in [0.717, 1.165) is 30.4 Å². The normalized spacial score (nSPS) is 16.7. The zero-order valence-corrected chi connectivity index (χ0v) is 11.1. The number of aryl methyl sites for hydroxylation is 1. The molecule has 0 saturated heterocycles. The van der Waals surface area contributed by atoms with Gasteiger partial charge in [-0.15, -0.1) is 0 Å². The lowest BCUT2D eigenvalue weighted by Crippen LogP contribution is -2.20. The van der Waals surface area contributed by atoms with E-state index in [9.17, 15) is 0 Å². The van der Waals surface area contributed by atoms with E-state index in [1.165, 1.54) is 32.1 Å². The minimum Gasteiger partial charge on any atom is -0.397 e. The van der Waals surface area contributed by atoms with Gasteiger partial charge in [0.1, 0.15) is 5.82 Å². The summed E-state index contributed by atoms with van der Waals surface area (Å²) in [5.41, 5.74) is 7.33. The molecular formula is C14H23N3O. The molecule has 0 spiro atoms. The van der Waals surface area contributed by atoms with Crippen LogP contribution in [0.1, 0.15) is 37.8 Å². The van der Waals surface area contributed by atoms with Crippen LogP contribution in [0.4, 0.5) is 11.5 Å². The molecule has 3 N–H and O–H groups in total. The number of nitrogens with zero attached hydrogens (tertiary/aromatic N) is 1. The highest BCUT2D eigenvalue weighted by Crippen LogP contribution is 2.20. The van der Waals surface area contributed by atoms with Crippen LogP contribution in [0.2, 0.25) is 0 Å².